The standard InChI is InChI=1S/C20H21N3O2/c1-23(14-19(24)16-9-10-16)20(25)22-18-7-4-5-15(13-18)8-11-17-6-2-3-12-21-17/h2-7,12-13,16,19,24H,9-10,14H2,1H3,(H,22,25)/t19-/m1/s1. The highest BCUT2D eigenvalue weighted by atomic mass is 16.3. The minimum absolute atomic E-state index is 0.241. The Morgan fingerprint density at radius 3 is 2.88 bits per heavy atom. The van der Waals surface area contributed by atoms with Gasteiger partial charge < -0.3 is 15.3 Å². The molecule has 3 rings (SSSR count). The van der Waals surface area contributed by atoms with Crippen LogP contribution in [0.5, 0.6) is 0 Å². The maximum Gasteiger partial charge on any atom is 0.321 e. The van der Waals surface area contributed by atoms with E-state index >= 15 is 0 Å². The average Bonchev–Trinajstić information content (AvgIpc) is 3.46. The highest BCUT2D eigenvalue weighted by Crippen LogP contribution is 2.32. The van der Waals surface area contributed by atoms with Crippen molar-refractivity contribution in [2.75, 3.05) is 18.9 Å². The zero-order valence-electron chi connectivity index (χ0n) is 14.1. The quantitative estimate of drug-likeness (QED) is 0.845. The van der Waals surface area contributed by atoms with Crippen LogP contribution in [-0.4, -0.2) is 40.7 Å². The van der Waals surface area contributed by atoms with Gasteiger partial charge in [0, 0.05) is 31.0 Å². The van der Waals surface area contributed by atoms with E-state index in [1.807, 2.05) is 42.5 Å². The van der Waals surface area contributed by atoms with Crippen molar-refractivity contribution in [3.63, 3.8) is 0 Å². The summed E-state index contributed by atoms with van der Waals surface area (Å²) in [6.45, 7) is 0.343. The van der Waals surface area contributed by atoms with E-state index in [9.17, 15) is 9.90 Å². The number of urea groups is 1. The van der Waals surface area contributed by atoms with Gasteiger partial charge in [-0.3, -0.25) is 0 Å². The molecule has 1 aromatic carbocycles. The molecule has 1 fully saturated rings. The highest BCUT2D eigenvalue weighted by Gasteiger charge is 2.31. The monoisotopic (exact) mass is 335 g/mol. The second-order valence-corrected chi connectivity index (χ2v) is 6.26. The molecule has 5 nitrogen and oxygen atoms in total. The third-order valence-corrected chi connectivity index (χ3v) is 4.09. The molecule has 1 atom stereocenters. The van der Waals surface area contributed by atoms with Crippen LogP contribution in [0.3, 0.4) is 0 Å². The number of aliphatic hydroxyl groups is 1. The predicted molar refractivity (Wildman–Crippen MR) is 97.0 cm³/mol. The number of nitrogens with zero attached hydrogens (tertiary/aromatic N) is 2. The Hall–Kier alpha value is -2.84. The molecule has 1 aliphatic rings. The van der Waals surface area contributed by atoms with E-state index in [4.69, 9.17) is 0 Å². The minimum Gasteiger partial charge on any atom is -0.391 e. The molecule has 1 saturated carbocycles. The molecule has 2 N–H and O–H groups in total. The molecule has 25 heavy (non-hydrogen) atoms. The number of anilines is 1. The van der Waals surface area contributed by atoms with Gasteiger partial charge in [-0.1, -0.05) is 18.1 Å². The number of carbonyl (C=O) groups is 1. The molecule has 1 heterocycles. The normalized spacial score (nSPS) is 14.2. The lowest BCUT2D eigenvalue weighted by Crippen LogP contribution is -2.38. The van der Waals surface area contributed by atoms with Gasteiger partial charge >= 0.3 is 6.03 Å². The summed E-state index contributed by atoms with van der Waals surface area (Å²) < 4.78 is 0. The fourth-order valence-corrected chi connectivity index (χ4v) is 2.46. The van der Waals surface area contributed by atoms with Gasteiger partial charge in [-0.2, -0.15) is 0 Å². The maximum atomic E-state index is 12.2. The SMILES string of the molecule is CN(C[C@@H](O)C1CC1)C(=O)Nc1cccc(C#Cc2ccccn2)c1. The fourth-order valence-electron chi connectivity index (χ4n) is 2.46. The first-order valence-corrected chi connectivity index (χ1v) is 8.35. The summed E-state index contributed by atoms with van der Waals surface area (Å²) in [6.07, 6.45) is 3.36. The smallest absolute Gasteiger partial charge is 0.321 e. The Morgan fingerprint density at radius 1 is 1.32 bits per heavy atom. The zero-order valence-corrected chi connectivity index (χ0v) is 14.1. The second-order valence-electron chi connectivity index (χ2n) is 6.26. The van der Waals surface area contributed by atoms with E-state index < -0.39 is 6.10 Å². The molecule has 1 aromatic heterocycles. The summed E-state index contributed by atoms with van der Waals surface area (Å²) in [4.78, 5) is 17.9. The summed E-state index contributed by atoms with van der Waals surface area (Å²) in [5, 5.41) is 12.8. The zero-order chi connectivity index (χ0) is 17.6. The lowest BCUT2D eigenvalue weighted by Gasteiger charge is -2.21. The Bertz CT molecular complexity index is 791. The summed E-state index contributed by atoms with van der Waals surface area (Å²) in [5.74, 6) is 6.38. The number of nitrogens with one attached hydrogen (secondary N) is 1. The molecular formula is C20H21N3O2. The van der Waals surface area contributed by atoms with E-state index in [0.29, 0.717) is 23.8 Å². The van der Waals surface area contributed by atoms with Crippen molar-refractivity contribution in [2.45, 2.75) is 18.9 Å². The van der Waals surface area contributed by atoms with Gasteiger partial charge in [-0.25, -0.2) is 9.78 Å². The van der Waals surface area contributed by atoms with Gasteiger partial charge in [0.25, 0.3) is 0 Å². The number of rotatable bonds is 4. The van der Waals surface area contributed by atoms with Gasteiger partial charge in [0.15, 0.2) is 0 Å². The topological polar surface area (TPSA) is 65.5 Å². The number of hydrogen-bond acceptors (Lipinski definition) is 3. The lowest BCUT2D eigenvalue weighted by molar-refractivity contribution is 0.117. The first-order valence-electron chi connectivity index (χ1n) is 8.35. The molecule has 2 aromatic rings. The van der Waals surface area contributed by atoms with Crippen molar-refractivity contribution in [2.24, 2.45) is 5.92 Å². The Labute approximate surface area is 147 Å². The van der Waals surface area contributed by atoms with Crippen molar-refractivity contribution in [1.82, 2.24) is 9.88 Å². The lowest BCUT2D eigenvalue weighted by atomic mass is 10.2. The summed E-state index contributed by atoms with van der Waals surface area (Å²) >= 11 is 0. The van der Waals surface area contributed by atoms with Crippen molar-refractivity contribution in [3.05, 3.63) is 59.9 Å². The van der Waals surface area contributed by atoms with Crippen molar-refractivity contribution in [3.8, 4) is 11.8 Å². The van der Waals surface area contributed by atoms with Gasteiger partial charge in [-0.15, -0.1) is 0 Å². The van der Waals surface area contributed by atoms with Crippen molar-refractivity contribution < 1.29 is 9.90 Å². The number of benzene rings is 1. The Kier molecular flexibility index (Phi) is 5.32. The van der Waals surface area contributed by atoms with Crippen LogP contribution in [-0.2, 0) is 0 Å². The third-order valence-electron chi connectivity index (χ3n) is 4.09. The van der Waals surface area contributed by atoms with Crippen LogP contribution >= 0.6 is 0 Å². The Morgan fingerprint density at radius 2 is 2.16 bits per heavy atom. The van der Waals surface area contributed by atoms with Crippen LogP contribution in [0.2, 0.25) is 0 Å². The van der Waals surface area contributed by atoms with E-state index in [1.54, 1.807) is 13.2 Å². The number of hydrogen-bond donors (Lipinski definition) is 2. The number of aromatic nitrogens is 1. The van der Waals surface area contributed by atoms with Crippen LogP contribution in [0.4, 0.5) is 10.5 Å². The predicted octanol–water partition coefficient (Wildman–Crippen LogP) is 2.72. The molecule has 0 radical (unpaired) electrons. The number of amides is 2. The summed E-state index contributed by atoms with van der Waals surface area (Å²) in [7, 11) is 1.69. The minimum atomic E-state index is -0.439. The second kappa shape index (κ2) is 7.82. The average molecular weight is 335 g/mol. The largest absolute Gasteiger partial charge is 0.391 e. The van der Waals surface area contributed by atoms with Crippen LogP contribution in [0.1, 0.15) is 24.1 Å². The van der Waals surface area contributed by atoms with Crippen LogP contribution in [0, 0.1) is 17.8 Å². The molecule has 128 valence electrons. The molecule has 0 aliphatic heterocycles. The molecular weight excluding hydrogens is 314 g/mol. The molecule has 0 spiro atoms. The molecule has 0 saturated heterocycles. The van der Waals surface area contributed by atoms with Crippen LogP contribution in [0.15, 0.2) is 48.7 Å². The van der Waals surface area contributed by atoms with Gasteiger partial charge in [0.05, 0.1) is 6.10 Å². The summed E-state index contributed by atoms with van der Waals surface area (Å²) in [5.41, 5.74) is 2.17. The van der Waals surface area contributed by atoms with Gasteiger partial charge in [-0.05, 0) is 55.0 Å². The van der Waals surface area contributed by atoms with Gasteiger partial charge in [0.1, 0.15) is 5.69 Å². The molecule has 2 amide bonds. The molecule has 1 aliphatic carbocycles. The Balaban J connectivity index is 1.61. The number of carbonyl (C=O) groups excluding carboxylic acids is 1. The van der Waals surface area contributed by atoms with Crippen LogP contribution < -0.4 is 5.32 Å². The third kappa shape index (κ3) is 5.07. The maximum absolute atomic E-state index is 12.2. The summed E-state index contributed by atoms with van der Waals surface area (Å²) in [6, 6.07) is 12.7. The first-order chi connectivity index (χ1) is 12.1. The van der Waals surface area contributed by atoms with E-state index in [2.05, 4.69) is 22.1 Å². The first kappa shape index (κ1) is 17.0. The van der Waals surface area contributed by atoms with Crippen LogP contribution in [0.25, 0.3) is 0 Å². The highest BCUT2D eigenvalue weighted by molar-refractivity contribution is 5.89. The number of likely N-dealkylation sites (N-methyl/N-ethyl adjacent to an activating group) is 1. The van der Waals surface area contributed by atoms with Crippen molar-refractivity contribution in [1.29, 1.82) is 0 Å². The molecule has 5 heteroatoms. The fraction of sp³-hybridized carbons (Fsp3) is 0.300. The number of pyridine rings is 1. The molecule has 0 bridgehead atoms. The molecule has 0 unspecified atom stereocenters. The van der Waals surface area contributed by atoms with E-state index in [-0.39, 0.29) is 6.03 Å². The van der Waals surface area contributed by atoms with E-state index in [0.717, 1.165) is 18.4 Å². The van der Waals surface area contributed by atoms with Gasteiger partial charge in [0.2, 0.25) is 0 Å². The van der Waals surface area contributed by atoms with Crippen molar-refractivity contribution >= 4 is 11.7 Å². The number of aliphatic hydroxyl groups excluding tert-OH is 1. The van der Waals surface area contributed by atoms with E-state index in [1.165, 1.54) is 4.90 Å².